The highest BCUT2D eigenvalue weighted by Crippen LogP contribution is 2.23. The molecule has 3 aromatic rings. The van der Waals surface area contributed by atoms with Crippen LogP contribution < -0.4 is 5.56 Å². The number of aryl methyl sites for hydroxylation is 1. The van der Waals surface area contributed by atoms with E-state index in [-0.39, 0.29) is 34.3 Å². The summed E-state index contributed by atoms with van der Waals surface area (Å²) in [6.07, 6.45) is 0. The van der Waals surface area contributed by atoms with Crippen LogP contribution in [-0.2, 0) is 6.54 Å². The molecule has 0 saturated heterocycles. The van der Waals surface area contributed by atoms with Gasteiger partial charge in [0.1, 0.15) is 0 Å². The van der Waals surface area contributed by atoms with E-state index in [1.54, 1.807) is 41.8 Å². The van der Waals surface area contributed by atoms with Gasteiger partial charge >= 0.3 is 0 Å². The third-order valence-electron chi connectivity index (χ3n) is 4.43. The Kier molecular flexibility index (Phi) is 6.12. The van der Waals surface area contributed by atoms with Crippen LogP contribution in [0.5, 0.6) is 0 Å². The number of aromatic nitrogens is 2. The summed E-state index contributed by atoms with van der Waals surface area (Å²) < 4.78 is 1.60. The highest BCUT2D eigenvalue weighted by molar-refractivity contribution is 7.99. The number of thioether (sulfide) groups is 1. The molecule has 0 atom stereocenters. The van der Waals surface area contributed by atoms with Crippen LogP contribution >= 0.6 is 11.8 Å². The minimum atomic E-state index is -0.496. The van der Waals surface area contributed by atoms with Crippen LogP contribution in [0.15, 0.2) is 52.4 Å². The zero-order valence-corrected chi connectivity index (χ0v) is 17.2. The van der Waals surface area contributed by atoms with Gasteiger partial charge in [0.2, 0.25) is 0 Å². The fourth-order valence-electron chi connectivity index (χ4n) is 2.98. The second kappa shape index (κ2) is 8.57. The minimum absolute atomic E-state index is 0.0308. The summed E-state index contributed by atoms with van der Waals surface area (Å²) in [6.45, 7) is 6.13. The summed E-state index contributed by atoms with van der Waals surface area (Å²) in [7, 11) is 0. The molecule has 29 heavy (non-hydrogen) atoms. The van der Waals surface area contributed by atoms with Crippen molar-refractivity contribution < 1.29 is 9.72 Å². The maximum atomic E-state index is 12.9. The van der Waals surface area contributed by atoms with E-state index < -0.39 is 4.92 Å². The number of benzene rings is 2. The fraction of sp³-hybridized carbons (Fsp3) is 0.286. The Labute approximate surface area is 171 Å². The molecule has 7 nitrogen and oxygen atoms in total. The summed E-state index contributed by atoms with van der Waals surface area (Å²) in [4.78, 5) is 40.7. The van der Waals surface area contributed by atoms with Crippen molar-refractivity contribution in [1.82, 2.24) is 9.55 Å². The molecule has 0 amide bonds. The standard InChI is InChI=1S/C21H21N3O4S/c1-13(2)11-23-20(26)16-6-4-5-7-17(16)22-21(23)29-12-19(25)15-9-8-14(3)18(10-15)24(27)28/h4-10,13H,11-12H2,1-3H3. The van der Waals surface area contributed by atoms with E-state index in [4.69, 9.17) is 0 Å². The molecule has 150 valence electrons. The summed E-state index contributed by atoms with van der Waals surface area (Å²) in [5, 5.41) is 12.1. The molecule has 0 aliphatic heterocycles. The number of para-hydroxylation sites is 1. The van der Waals surface area contributed by atoms with E-state index in [9.17, 15) is 19.7 Å². The molecule has 0 fully saturated rings. The van der Waals surface area contributed by atoms with Crippen molar-refractivity contribution in [3.8, 4) is 0 Å². The first-order valence-electron chi connectivity index (χ1n) is 9.18. The lowest BCUT2D eigenvalue weighted by atomic mass is 10.1. The molecule has 0 radical (unpaired) electrons. The Balaban J connectivity index is 1.92. The molecule has 0 aliphatic rings. The van der Waals surface area contributed by atoms with Crippen molar-refractivity contribution in [2.75, 3.05) is 5.75 Å². The Morgan fingerprint density at radius 3 is 2.66 bits per heavy atom. The van der Waals surface area contributed by atoms with Gasteiger partial charge in [0, 0.05) is 23.7 Å². The van der Waals surface area contributed by atoms with E-state index in [0.29, 0.717) is 28.2 Å². The van der Waals surface area contributed by atoms with Crippen LogP contribution in [0.25, 0.3) is 10.9 Å². The second-order valence-corrected chi connectivity index (χ2v) is 8.13. The maximum absolute atomic E-state index is 12.9. The van der Waals surface area contributed by atoms with Gasteiger partial charge in [0.25, 0.3) is 11.2 Å². The molecular formula is C21H21N3O4S. The number of ketones is 1. The van der Waals surface area contributed by atoms with Gasteiger partial charge < -0.3 is 0 Å². The van der Waals surface area contributed by atoms with Gasteiger partial charge in [-0.15, -0.1) is 0 Å². The quantitative estimate of drug-likeness (QED) is 0.190. The average molecular weight is 411 g/mol. The van der Waals surface area contributed by atoms with E-state index in [0.717, 1.165) is 0 Å². The van der Waals surface area contributed by atoms with Crippen LogP contribution in [0, 0.1) is 23.0 Å². The Bertz CT molecular complexity index is 1150. The summed E-state index contributed by atoms with van der Waals surface area (Å²) >= 11 is 1.17. The number of hydrogen-bond donors (Lipinski definition) is 0. The van der Waals surface area contributed by atoms with Crippen molar-refractivity contribution >= 4 is 34.1 Å². The normalized spacial score (nSPS) is 11.2. The predicted molar refractivity (Wildman–Crippen MR) is 114 cm³/mol. The van der Waals surface area contributed by atoms with Gasteiger partial charge in [-0.25, -0.2) is 4.98 Å². The Morgan fingerprint density at radius 1 is 1.24 bits per heavy atom. The highest BCUT2D eigenvalue weighted by Gasteiger charge is 2.17. The third-order valence-corrected chi connectivity index (χ3v) is 5.41. The molecule has 1 aromatic heterocycles. The molecule has 3 rings (SSSR count). The number of nitro groups is 1. The lowest BCUT2D eigenvalue weighted by Gasteiger charge is -2.14. The number of hydrogen-bond acceptors (Lipinski definition) is 6. The van der Waals surface area contributed by atoms with Crippen LogP contribution in [-0.4, -0.2) is 26.0 Å². The van der Waals surface area contributed by atoms with Crippen molar-refractivity contribution in [3.05, 3.63) is 74.1 Å². The fourth-order valence-corrected chi connectivity index (χ4v) is 3.88. The van der Waals surface area contributed by atoms with Crippen LogP contribution in [0.4, 0.5) is 5.69 Å². The Morgan fingerprint density at radius 2 is 1.97 bits per heavy atom. The Hall–Kier alpha value is -3.00. The third kappa shape index (κ3) is 4.54. The topological polar surface area (TPSA) is 95.1 Å². The molecule has 8 heteroatoms. The molecule has 2 aromatic carbocycles. The van der Waals surface area contributed by atoms with E-state index in [2.05, 4.69) is 4.98 Å². The lowest BCUT2D eigenvalue weighted by molar-refractivity contribution is -0.385. The van der Waals surface area contributed by atoms with Crippen LogP contribution in [0.1, 0.15) is 29.8 Å². The molecule has 0 unspecified atom stereocenters. The first kappa shape index (κ1) is 20.7. The van der Waals surface area contributed by atoms with Gasteiger partial charge in [0.05, 0.1) is 21.6 Å². The monoisotopic (exact) mass is 411 g/mol. The summed E-state index contributed by atoms with van der Waals surface area (Å²) in [5.41, 5.74) is 1.14. The first-order chi connectivity index (χ1) is 13.8. The number of nitrogens with zero attached hydrogens (tertiary/aromatic N) is 3. The number of carbonyl (C=O) groups excluding carboxylic acids is 1. The number of Topliss-reactive ketones (excluding diaryl/α,β-unsaturated/α-hetero) is 1. The molecule has 0 aliphatic carbocycles. The number of fused-ring (bicyclic) bond motifs is 1. The number of nitro benzene ring substituents is 1. The van der Waals surface area contributed by atoms with Crippen molar-refractivity contribution in [2.24, 2.45) is 5.92 Å². The first-order valence-corrected chi connectivity index (χ1v) is 10.2. The number of rotatable bonds is 7. The molecule has 0 bridgehead atoms. The van der Waals surface area contributed by atoms with E-state index in [1.165, 1.54) is 17.8 Å². The SMILES string of the molecule is Cc1ccc(C(=O)CSc2nc3ccccc3c(=O)n2CC(C)C)cc1[N+](=O)[O-]. The zero-order chi connectivity index (χ0) is 21.1. The van der Waals surface area contributed by atoms with E-state index >= 15 is 0 Å². The summed E-state index contributed by atoms with van der Waals surface area (Å²) in [5.74, 6) is 0.00498. The van der Waals surface area contributed by atoms with Crippen molar-refractivity contribution in [3.63, 3.8) is 0 Å². The van der Waals surface area contributed by atoms with Gasteiger partial charge in [0.15, 0.2) is 10.9 Å². The van der Waals surface area contributed by atoms with Gasteiger partial charge in [-0.3, -0.25) is 24.3 Å². The highest BCUT2D eigenvalue weighted by atomic mass is 32.2. The summed E-state index contributed by atoms with van der Waals surface area (Å²) in [6, 6.07) is 11.6. The van der Waals surface area contributed by atoms with Gasteiger partial charge in [-0.2, -0.15) is 0 Å². The van der Waals surface area contributed by atoms with Crippen molar-refractivity contribution in [1.29, 1.82) is 0 Å². The van der Waals surface area contributed by atoms with Crippen LogP contribution in [0.2, 0.25) is 0 Å². The maximum Gasteiger partial charge on any atom is 0.273 e. The smallest absolute Gasteiger partial charge is 0.273 e. The molecule has 0 spiro atoms. The van der Waals surface area contributed by atoms with Gasteiger partial charge in [-0.05, 0) is 25.0 Å². The molecule has 1 heterocycles. The molecular weight excluding hydrogens is 390 g/mol. The van der Waals surface area contributed by atoms with Crippen LogP contribution in [0.3, 0.4) is 0 Å². The average Bonchev–Trinajstić information content (AvgIpc) is 2.68. The van der Waals surface area contributed by atoms with Crippen molar-refractivity contribution in [2.45, 2.75) is 32.5 Å². The largest absolute Gasteiger partial charge is 0.293 e. The lowest BCUT2D eigenvalue weighted by Crippen LogP contribution is -2.25. The molecule has 0 N–H and O–H groups in total. The zero-order valence-electron chi connectivity index (χ0n) is 16.4. The minimum Gasteiger partial charge on any atom is -0.293 e. The second-order valence-electron chi connectivity index (χ2n) is 7.19. The number of carbonyl (C=O) groups is 1. The van der Waals surface area contributed by atoms with E-state index in [1.807, 2.05) is 19.9 Å². The molecule has 0 saturated carbocycles. The predicted octanol–water partition coefficient (Wildman–Crippen LogP) is 4.24. The van der Waals surface area contributed by atoms with Gasteiger partial charge in [-0.1, -0.05) is 49.9 Å².